The second-order valence-corrected chi connectivity index (χ2v) is 5.59. The van der Waals surface area contributed by atoms with Crippen molar-refractivity contribution in [1.29, 1.82) is 0 Å². The fourth-order valence-electron chi connectivity index (χ4n) is 1.98. The second-order valence-electron chi connectivity index (χ2n) is 4.73. The quantitative estimate of drug-likeness (QED) is 0.651. The van der Waals surface area contributed by atoms with Crippen molar-refractivity contribution in [2.45, 2.75) is 19.9 Å². The Labute approximate surface area is 131 Å². The monoisotopic (exact) mass is 350 g/mol. The fraction of sp³-hybridized carbons (Fsp3) is 0.200. The first-order valence-corrected chi connectivity index (χ1v) is 7.16. The highest BCUT2D eigenvalue weighted by atomic mass is 79.9. The fourth-order valence-corrected chi connectivity index (χ4v) is 2.70. The minimum atomic E-state index is -0.419. The van der Waals surface area contributed by atoms with Crippen molar-refractivity contribution < 1.29 is 9.66 Å². The summed E-state index contributed by atoms with van der Waals surface area (Å²) in [5.74, 6) is 1.06. The molecule has 2 N–H and O–H groups in total. The number of halogens is 1. The van der Waals surface area contributed by atoms with Gasteiger partial charge in [0.25, 0.3) is 5.69 Å². The van der Waals surface area contributed by atoms with E-state index < -0.39 is 4.92 Å². The summed E-state index contributed by atoms with van der Waals surface area (Å²) in [5, 5.41) is 10.9. The molecule has 0 radical (unpaired) electrons. The van der Waals surface area contributed by atoms with Crippen molar-refractivity contribution in [2.75, 3.05) is 0 Å². The molecular formula is C15H15BrN2O3. The van der Waals surface area contributed by atoms with E-state index in [0.717, 1.165) is 10.0 Å². The minimum Gasteiger partial charge on any atom is -0.457 e. The molecule has 0 aliphatic rings. The maximum Gasteiger partial charge on any atom is 0.276 e. The van der Waals surface area contributed by atoms with E-state index in [-0.39, 0.29) is 11.7 Å². The van der Waals surface area contributed by atoms with Crippen LogP contribution in [0.1, 0.15) is 24.1 Å². The maximum absolute atomic E-state index is 10.9. The number of hydrogen-bond donors (Lipinski definition) is 1. The van der Waals surface area contributed by atoms with Gasteiger partial charge in [-0.05, 0) is 37.6 Å². The normalized spacial score (nSPS) is 12.0. The number of ether oxygens (including phenoxy) is 1. The van der Waals surface area contributed by atoms with Gasteiger partial charge in [0.1, 0.15) is 11.5 Å². The molecule has 0 aliphatic heterocycles. The zero-order valence-corrected chi connectivity index (χ0v) is 13.3. The molecule has 6 heteroatoms. The first-order chi connectivity index (χ1) is 9.90. The van der Waals surface area contributed by atoms with Crippen LogP contribution in [0.15, 0.2) is 40.9 Å². The lowest BCUT2D eigenvalue weighted by Gasteiger charge is -2.12. The van der Waals surface area contributed by atoms with E-state index in [4.69, 9.17) is 10.5 Å². The Kier molecular flexibility index (Phi) is 4.59. The van der Waals surface area contributed by atoms with E-state index in [0.29, 0.717) is 17.1 Å². The van der Waals surface area contributed by atoms with Crippen LogP contribution in [0, 0.1) is 17.0 Å². The number of rotatable bonds is 4. The lowest BCUT2D eigenvalue weighted by atomic mass is 10.1. The summed E-state index contributed by atoms with van der Waals surface area (Å²) in [5.41, 5.74) is 7.35. The molecule has 110 valence electrons. The minimum absolute atomic E-state index is 0.0405. The van der Waals surface area contributed by atoms with E-state index in [9.17, 15) is 10.1 Å². The van der Waals surface area contributed by atoms with E-state index >= 15 is 0 Å². The Bertz CT molecular complexity index is 687. The van der Waals surface area contributed by atoms with Crippen LogP contribution in [0.25, 0.3) is 0 Å². The molecular weight excluding hydrogens is 336 g/mol. The molecule has 21 heavy (non-hydrogen) atoms. The van der Waals surface area contributed by atoms with Crippen molar-refractivity contribution in [3.05, 3.63) is 62.1 Å². The lowest BCUT2D eigenvalue weighted by Crippen LogP contribution is -2.05. The van der Waals surface area contributed by atoms with Gasteiger partial charge in [0.15, 0.2) is 0 Å². The molecule has 2 aromatic rings. The molecule has 0 bridgehead atoms. The standard InChI is InChI=1S/C15H15BrN2O3/c1-9-14(18(19)20)4-3-5-15(9)21-11-6-7-12(10(2)17)13(16)8-11/h3-8,10H,17H2,1-2H3. The Hall–Kier alpha value is -1.92. The predicted octanol–water partition coefficient (Wildman–Crippen LogP) is 4.48. The van der Waals surface area contributed by atoms with Gasteiger partial charge in [0.05, 0.1) is 10.5 Å². The highest BCUT2D eigenvalue weighted by Crippen LogP contribution is 2.33. The summed E-state index contributed by atoms with van der Waals surface area (Å²) in [4.78, 5) is 10.5. The third kappa shape index (κ3) is 3.40. The molecule has 0 spiro atoms. The van der Waals surface area contributed by atoms with Crippen LogP contribution in [-0.4, -0.2) is 4.92 Å². The van der Waals surface area contributed by atoms with Gasteiger partial charge in [-0.1, -0.05) is 28.1 Å². The number of nitrogens with two attached hydrogens (primary N) is 1. The number of nitro benzene ring substituents is 1. The summed E-state index contributed by atoms with van der Waals surface area (Å²) in [6.07, 6.45) is 0. The van der Waals surface area contributed by atoms with Crippen LogP contribution in [0.5, 0.6) is 11.5 Å². The summed E-state index contributed by atoms with van der Waals surface area (Å²) in [6, 6.07) is 10.1. The van der Waals surface area contributed by atoms with Gasteiger partial charge in [-0.25, -0.2) is 0 Å². The largest absolute Gasteiger partial charge is 0.457 e. The summed E-state index contributed by atoms with van der Waals surface area (Å²) in [7, 11) is 0. The van der Waals surface area contributed by atoms with Crippen molar-refractivity contribution in [3.8, 4) is 11.5 Å². The summed E-state index contributed by atoms with van der Waals surface area (Å²) in [6.45, 7) is 3.56. The maximum atomic E-state index is 10.9. The van der Waals surface area contributed by atoms with Gasteiger partial charge in [0.2, 0.25) is 0 Å². The van der Waals surface area contributed by atoms with Crippen molar-refractivity contribution in [2.24, 2.45) is 5.73 Å². The molecule has 0 saturated carbocycles. The number of benzene rings is 2. The van der Waals surface area contributed by atoms with Gasteiger partial charge < -0.3 is 10.5 Å². The van der Waals surface area contributed by atoms with E-state index in [1.54, 1.807) is 31.2 Å². The van der Waals surface area contributed by atoms with Crippen LogP contribution in [0.3, 0.4) is 0 Å². The van der Waals surface area contributed by atoms with Crippen LogP contribution in [-0.2, 0) is 0 Å². The van der Waals surface area contributed by atoms with Crippen LogP contribution in [0.4, 0.5) is 5.69 Å². The molecule has 0 fully saturated rings. The molecule has 2 rings (SSSR count). The Balaban J connectivity index is 2.33. The Morgan fingerprint density at radius 3 is 2.62 bits per heavy atom. The molecule has 5 nitrogen and oxygen atoms in total. The van der Waals surface area contributed by atoms with E-state index in [2.05, 4.69) is 15.9 Å². The topological polar surface area (TPSA) is 78.4 Å². The Morgan fingerprint density at radius 1 is 1.33 bits per heavy atom. The number of nitrogens with zero attached hydrogens (tertiary/aromatic N) is 1. The zero-order valence-electron chi connectivity index (χ0n) is 11.7. The number of hydrogen-bond acceptors (Lipinski definition) is 4. The van der Waals surface area contributed by atoms with Gasteiger partial charge in [-0.15, -0.1) is 0 Å². The van der Waals surface area contributed by atoms with Crippen molar-refractivity contribution in [1.82, 2.24) is 0 Å². The third-order valence-electron chi connectivity index (χ3n) is 3.14. The molecule has 0 saturated heterocycles. The van der Waals surface area contributed by atoms with Gasteiger partial charge in [0, 0.05) is 16.6 Å². The smallest absolute Gasteiger partial charge is 0.276 e. The predicted molar refractivity (Wildman–Crippen MR) is 84.7 cm³/mol. The third-order valence-corrected chi connectivity index (χ3v) is 3.83. The van der Waals surface area contributed by atoms with Gasteiger partial charge in [-0.2, -0.15) is 0 Å². The first kappa shape index (κ1) is 15.5. The van der Waals surface area contributed by atoms with Crippen LogP contribution >= 0.6 is 15.9 Å². The molecule has 2 aromatic carbocycles. The molecule has 1 unspecified atom stereocenters. The highest BCUT2D eigenvalue weighted by Gasteiger charge is 2.15. The molecule has 0 aliphatic carbocycles. The average Bonchev–Trinajstić information content (AvgIpc) is 2.40. The zero-order chi connectivity index (χ0) is 15.6. The van der Waals surface area contributed by atoms with Crippen LogP contribution < -0.4 is 10.5 Å². The lowest BCUT2D eigenvalue weighted by molar-refractivity contribution is -0.385. The van der Waals surface area contributed by atoms with E-state index in [1.807, 2.05) is 13.0 Å². The van der Waals surface area contributed by atoms with Crippen molar-refractivity contribution in [3.63, 3.8) is 0 Å². The second kappa shape index (κ2) is 6.24. The molecule has 0 aromatic heterocycles. The van der Waals surface area contributed by atoms with Gasteiger partial charge in [-0.3, -0.25) is 10.1 Å². The summed E-state index contributed by atoms with van der Waals surface area (Å²) < 4.78 is 6.59. The molecule has 0 amide bonds. The van der Waals surface area contributed by atoms with E-state index in [1.165, 1.54) is 6.07 Å². The van der Waals surface area contributed by atoms with Crippen molar-refractivity contribution >= 4 is 21.6 Å². The summed E-state index contributed by atoms with van der Waals surface area (Å²) >= 11 is 3.45. The average molecular weight is 351 g/mol. The Morgan fingerprint density at radius 2 is 2.05 bits per heavy atom. The molecule has 0 heterocycles. The van der Waals surface area contributed by atoms with Crippen LogP contribution in [0.2, 0.25) is 0 Å². The SMILES string of the molecule is Cc1c(Oc2ccc(C(C)N)c(Br)c2)cccc1[N+](=O)[O-]. The molecule has 1 atom stereocenters. The number of nitro groups is 1. The first-order valence-electron chi connectivity index (χ1n) is 6.37. The highest BCUT2D eigenvalue weighted by molar-refractivity contribution is 9.10. The van der Waals surface area contributed by atoms with Gasteiger partial charge >= 0.3 is 0 Å².